The highest BCUT2D eigenvalue weighted by Gasteiger charge is 2.13. The Kier molecular flexibility index (Phi) is 3.84. The SMILES string of the molecule is Cc1nc(CC(NN)C(C)C)cs1. The first-order valence-corrected chi connectivity index (χ1v) is 5.38. The highest BCUT2D eigenvalue weighted by atomic mass is 32.1. The van der Waals surface area contributed by atoms with Crippen LogP contribution in [0.5, 0.6) is 0 Å². The Morgan fingerprint density at radius 2 is 2.31 bits per heavy atom. The van der Waals surface area contributed by atoms with Gasteiger partial charge in [0.2, 0.25) is 0 Å². The van der Waals surface area contributed by atoms with E-state index in [0.29, 0.717) is 12.0 Å². The summed E-state index contributed by atoms with van der Waals surface area (Å²) in [7, 11) is 0. The minimum atomic E-state index is 0.321. The molecular weight excluding hydrogens is 182 g/mol. The summed E-state index contributed by atoms with van der Waals surface area (Å²) in [6.07, 6.45) is 0.915. The van der Waals surface area contributed by atoms with Crippen molar-refractivity contribution in [2.24, 2.45) is 11.8 Å². The highest BCUT2D eigenvalue weighted by Crippen LogP contribution is 2.12. The van der Waals surface area contributed by atoms with Gasteiger partial charge in [0.05, 0.1) is 10.7 Å². The second-order valence-corrected chi connectivity index (χ2v) is 4.64. The van der Waals surface area contributed by atoms with Crippen molar-refractivity contribution >= 4 is 11.3 Å². The third-order valence-corrected chi connectivity index (χ3v) is 2.94. The second-order valence-electron chi connectivity index (χ2n) is 3.58. The fraction of sp³-hybridized carbons (Fsp3) is 0.667. The lowest BCUT2D eigenvalue weighted by atomic mass is 10.0. The highest BCUT2D eigenvalue weighted by molar-refractivity contribution is 7.09. The van der Waals surface area contributed by atoms with Crippen LogP contribution < -0.4 is 11.3 Å². The smallest absolute Gasteiger partial charge is 0.0897 e. The predicted molar refractivity (Wildman–Crippen MR) is 56.5 cm³/mol. The van der Waals surface area contributed by atoms with Crippen molar-refractivity contribution in [1.82, 2.24) is 10.4 Å². The van der Waals surface area contributed by atoms with Crippen LogP contribution in [0.1, 0.15) is 24.5 Å². The van der Waals surface area contributed by atoms with Gasteiger partial charge in [0.15, 0.2) is 0 Å². The van der Waals surface area contributed by atoms with Gasteiger partial charge in [0.25, 0.3) is 0 Å². The maximum Gasteiger partial charge on any atom is 0.0897 e. The van der Waals surface area contributed by atoms with E-state index < -0.39 is 0 Å². The van der Waals surface area contributed by atoms with E-state index in [2.05, 4.69) is 29.6 Å². The summed E-state index contributed by atoms with van der Waals surface area (Å²) in [4.78, 5) is 4.40. The fourth-order valence-corrected chi connectivity index (χ4v) is 1.84. The normalized spacial score (nSPS) is 13.6. The molecule has 0 saturated heterocycles. The summed E-state index contributed by atoms with van der Waals surface area (Å²) < 4.78 is 0. The lowest BCUT2D eigenvalue weighted by Gasteiger charge is -2.18. The average Bonchev–Trinajstić information content (AvgIpc) is 2.46. The molecule has 1 atom stereocenters. The number of nitrogens with two attached hydrogens (primary N) is 1. The van der Waals surface area contributed by atoms with Gasteiger partial charge in [-0.3, -0.25) is 11.3 Å². The lowest BCUT2D eigenvalue weighted by molar-refractivity contribution is 0.402. The molecule has 13 heavy (non-hydrogen) atoms. The number of hydrogen-bond donors (Lipinski definition) is 2. The quantitative estimate of drug-likeness (QED) is 0.570. The zero-order valence-corrected chi connectivity index (χ0v) is 9.19. The molecule has 3 nitrogen and oxygen atoms in total. The molecule has 0 aliphatic carbocycles. The van der Waals surface area contributed by atoms with Gasteiger partial charge in [0, 0.05) is 17.8 Å². The second kappa shape index (κ2) is 4.69. The average molecular weight is 199 g/mol. The number of hydrazine groups is 1. The zero-order chi connectivity index (χ0) is 9.84. The number of thiazole rings is 1. The summed E-state index contributed by atoms with van der Waals surface area (Å²) in [6.45, 7) is 6.34. The van der Waals surface area contributed by atoms with Gasteiger partial charge in [-0.1, -0.05) is 13.8 Å². The molecule has 0 aliphatic rings. The largest absolute Gasteiger partial charge is 0.271 e. The van der Waals surface area contributed by atoms with Crippen molar-refractivity contribution < 1.29 is 0 Å². The molecule has 4 heteroatoms. The van der Waals surface area contributed by atoms with Crippen molar-refractivity contribution in [2.45, 2.75) is 33.2 Å². The van der Waals surface area contributed by atoms with Gasteiger partial charge < -0.3 is 0 Å². The predicted octanol–water partition coefficient (Wildman–Crippen LogP) is 1.48. The van der Waals surface area contributed by atoms with Crippen LogP contribution in [0.4, 0.5) is 0 Å². The molecule has 0 amide bonds. The first kappa shape index (κ1) is 10.6. The van der Waals surface area contributed by atoms with E-state index in [1.54, 1.807) is 11.3 Å². The standard InChI is InChI=1S/C9H17N3S/c1-6(2)9(12-10)4-8-5-13-7(3)11-8/h5-6,9,12H,4,10H2,1-3H3. The number of aromatic nitrogens is 1. The Labute approximate surface area is 83.3 Å². The van der Waals surface area contributed by atoms with E-state index in [-0.39, 0.29) is 0 Å². The summed E-state index contributed by atoms with van der Waals surface area (Å²) in [5.41, 5.74) is 3.96. The van der Waals surface area contributed by atoms with Crippen LogP contribution in [0.3, 0.4) is 0 Å². The van der Waals surface area contributed by atoms with Crippen LogP contribution in [-0.2, 0) is 6.42 Å². The minimum Gasteiger partial charge on any atom is -0.271 e. The molecule has 1 unspecified atom stereocenters. The Morgan fingerprint density at radius 1 is 1.62 bits per heavy atom. The van der Waals surface area contributed by atoms with Crippen molar-refractivity contribution in [3.63, 3.8) is 0 Å². The molecule has 1 aromatic heterocycles. The van der Waals surface area contributed by atoms with Crippen LogP contribution in [0.15, 0.2) is 5.38 Å². The number of rotatable bonds is 4. The summed E-state index contributed by atoms with van der Waals surface area (Å²) in [5, 5.41) is 3.22. The maximum atomic E-state index is 5.45. The monoisotopic (exact) mass is 199 g/mol. The van der Waals surface area contributed by atoms with Crippen LogP contribution in [0.2, 0.25) is 0 Å². The third-order valence-electron chi connectivity index (χ3n) is 2.11. The molecule has 1 rings (SSSR count). The van der Waals surface area contributed by atoms with Gasteiger partial charge in [-0.2, -0.15) is 0 Å². The Balaban J connectivity index is 2.56. The number of aryl methyl sites for hydroxylation is 1. The van der Waals surface area contributed by atoms with Crippen molar-refractivity contribution in [3.05, 3.63) is 16.1 Å². The molecule has 0 fully saturated rings. The molecule has 74 valence electrons. The van der Waals surface area contributed by atoms with Gasteiger partial charge in [-0.25, -0.2) is 4.98 Å². The molecule has 0 saturated carbocycles. The van der Waals surface area contributed by atoms with Crippen LogP contribution >= 0.6 is 11.3 Å². The Bertz CT molecular complexity index is 257. The van der Waals surface area contributed by atoms with Gasteiger partial charge in [-0.15, -0.1) is 11.3 Å². The summed E-state index contributed by atoms with van der Waals surface area (Å²) in [6, 6.07) is 0.321. The summed E-state index contributed by atoms with van der Waals surface area (Å²) in [5.74, 6) is 5.99. The van der Waals surface area contributed by atoms with Crippen molar-refractivity contribution in [2.75, 3.05) is 0 Å². The number of nitrogens with zero attached hydrogens (tertiary/aromatic N) is 1. The van der Waals surface area contributed by atoms with E-state index in [4.69, 9.17) is 5.84 Å². The van der Waals surface area contributed by atoms with E-state index in [1.165, 1.54) is 0 Å². The van der Waals surface area contributed by atoms with Gasteiger partial charge in [-0.05, 0) is 12.8 Å². The van der Waals surface area contributed by atoms with Crippen LogP contribution in [-0.4, -0.2) is 11.0 Å². The molecule has 0 bridgehead atoms. The van der Waals surface area contributed by atoms with E-state index >= 15 is 0 Å². The van der Waals surface area contributed by atoms with E-state index in [0.717, 1.165) is 17.1 Å². The molecule has 0 spiro atoms. The molecular formula is C9H17N3S. The maximum absolute atomic E-state index is 5.45. The molecule has 0 radical (unpaired) electrons. The Hall–Kier alpha value is -0.450. The van der Waals surface area contributed by atoms with Crippen LogP contribution in [0, 0.1) is 12.8 Å². The van der Waals surface area contributed by atoms with Crippen LogP contribution in [0.25, 0.3) is 0 Å². The molecule has 3 N–H and O–H groups in total. The van der Waals surface area contributed by atoms with Gasteiger partial charge >= 0.3 is 0 Å². The van der Waals surface area contributed by atoms with Gasteiger partial charge in [0.1, 0.15) is 0 Å². The first-order valence-electron chi connectivity index (χ1n) is 4.50. The zero-order valence-electron chi connectivity index (χ0n) is 8.37. The molecule has 0 aliphatic heterocycles. The first-order chi connectivity index (χ1) is 6.13. The van der Waals surface area contributed by atoms with Crippen molar-refractivity contribution in [3.8, 4) is 0 Å². The number of nitrogens with one attached hydrogen (secondary N) is 1. The van der Waals surface area contributed by atoms with E-state index in [9.17, 15) is 0 Å². The molecule has 1 heterocycles. The summed E-state index contributed by atoms with van der Waals surface area (Å²) >= 11 is 1.69. The lowest BCUT2D eigenvalue weighted by Crippen LogP contribution is -2.40. The topological polar surface area (TPSA) is 50.9 Å². The Morgan fingerprint density at radius 3 is 2.69 bits per heavy atom. The molecule has 1 aromatic rings. The van der Waals surface area contributed by atoms with E-state index in [1.807, 2.05) is 6.92 Å². The number of hydrogen-bond acceptors (Lipinski definition) is 4. The minimum absolute atomic E-state index is 0.321. The third kappa shape index (κ3) is 3.06. The fourth-order valence-electron chi connectivity index (χ4n) is 1.21. The van der Waals surface area contributed by atoms with Crippen molar-refractivity contribution in [1.29, 1.82) is 0 Å². The molecule has 0 aromatic carbocycles.